The van der Waals surface area contributed by atoms with Crippen LogP contribution in [-0.4, -0.2) is 14.8 Å². The standard InChI is InChI=1S/C12H13N5/c1-9-3-5-14-12(11(9)7-13)15-8-10-4-6-16-17(10)2/h3-6H,8H2,1-2H3,(H,14,15). The van der Waals surface area contributed by atoms with Crippen LogP contribution in [0.2, 0.25) is 0 Å². The number of aromatic nitrogens is 3. The van der Waals surface area contributed by atoms with E-state index in [9.17, 15) is 0 Å². The summed E-state index contributed by atoms with van der Waals surface area (Å²) in [7, 11) is 1.88. The van der Waals surface area contributed by atoms with Gasteiger partial charge in [-0.2, -0.15) is 10.4 Å². The fourth-order valence-corrected chi connectivity index (χ4v) is 1.58. The average Bonchev–Trinajstić information content (AvgIpc) is 2.72. The molecule has 2 aromatic heterocycles. The molecule has 0 bridgehead atoms. The minimum atomic E-state index is 0.592. The van der Waals surface area contributed by atoms with Crippen LogP contribution >= 0.6 is 0 Å². The van der Waals surface area contributed by atoms with E-state index in [4.69, 9.17) is 5.26 Å². The predicted molar refractivity (Wildman–Crippen MR) is 64.2 cm³/mol. The Kier molecular flexibility index (Phi) is 3.06. The van der Waals surface area contributed by atoms with Gasteiger partial charge in [-0.25, -0.2) is 4.98 Å². The third-order valence-corrected chi connectivity index (χ3v) is 2.63. The van der Waals surface area contributed by atoms with E-state index < -0.39 is 0 Å². The molecule has 86 valence electrons. The lowest BCUT2D eigenvalue weighted by atomic mass is 10.1. The second kappa shape index (κ2) is 4.66. The van der Waals surface area contributed by atoms with Gasteiger partial charge in [0.05, 0.1) is 17.8 Å². The Bertz CT molecular complexity index is 565. The molecule has 5 nitrogen and oxygen atoms in total. The predicted octanol–water partition coefficient (Wildman–Crippen LogP) is 1.61. The van der Waals surface area contributed by atoms with Crippen LogP contribution in [0, 0.1) is 18.3 Å². The normalized spacial score (nSPS) is 9.94. The second-order valence-corrected chi connectivity index (χ2v) is 3.76. The van der Waals surface area contributed by atoms with Gasteiger partial charge in [-0.05, 0) is 24.6 Å². The van der Waals surface area contributed by atoms with Gasteiger partial charge in [0.2, 0.25) is 0 Å². The fourth-order valence-electron chi connectivity index (χ4n) is 1.58. The Morgan fingerprint density at radius 3 is 2.88 bits per heavy atom. The van der Waals surface area contributed by atoms with Crippen LogP contribution in [0.25, 0.3) is 0 Å². The van der Waals surface area contributed by atoms with Crippen LogP contribution in [0.4, 0.5) is 5.82 Å². The summed E-state index contributed by atoms with van der Waals surface area (Å²) in [4.78, 5) is 4.18. The van der Waals surface area contributed by atoms with Gasteiger partial charge < -0.3 is 5.32 Å². The Labute approximate surface area is 99.7 Å². The van der Waals surface area contributed by atoms with Gasteiger partial charge >= 0.3 is 0 Å². The van der Waals surface area contributed by atoms with Gasteiger partial charge in [0, 0.05) is 19.4 Å². The molecule has 0 amide bonds. The van der Waals surface area contributed by atoms with Crippen molar-refractivity contribution in [2.75, 3.05) is 5.32 Å². The first-order chi connectivity index (χ1) is 8.22. The second-order valence-electron chi connectivity index (χ2n) is 3.76. The fraction of sp³-hybridized carbons (Fsp3) is 0.250. The Balaban J connectivity index is 2.18. The minimum Gasteiger partial charge on any atom is -0.363 e. The van der Waals surface area contributed by atoms with Crippen LogP contribution in [-0.2, 0) is 13.6 Å². The van der Waals surface area contributed by atoms with Crippen molar-refractivity contribution in [3.8, 4) is 6.07 Å². The lowest BCUT2D eigenvalue weighted by molar-refractivity contribution is 0.720. The number of anilines is 1. The van der Waals surface area contributed by atoms with E-state index in [1.54, 1.807) is 17.1 Å². The summed E-state index contributed by atoms with van der Waals surface area (Å²) >= 11 is 0. The molecule has 2 rings (SSSR count). The van der Waals surface area contributed by atoms with Gasteiger partial charge in [-0.3, -0.25) is 4.68 Å². The summed E-state index contributed by atoms with van der Waals surface area (Å²) in [5.74, 6) is 0.619. The topological polar surface area (TPSA) is 66.5 Å². The zero-order valence-electron chi connectivity index (χ0n) is 9.81. The van der Waals surface area contributed by atoms with E-state index in [0.717, 1.165) is 11.3 Å². The molecule has 0 aliphatic carbocycles. The number of nitrogens with one attached hydrogen (secondary N) is 1. The van der Waals surface area contributed by atoms with Crippen molar-refractivity contribution in [1.82, 2.24) is 14.8 Å². The highest BCUT2D eigenvalue weighted by Gasteiger charge is 2.06. The van der Waals surface area contributed by atoms with E-state index in [1.807, 2.05) is 26.1 Å². The molecule has 0 aliphatic heterocycles. The number of nitriles is 1. The number of hydrogen-bond acceptors (Lipinski definition) is 4. The van der Waals surface area contributed by atoms with Crippen molar-refractivity contribution in [2.24, 2.45) is 7.05 Å². The van der Waals surface area contributed by atoms with Crippen molar-refractivity contribution in [1.29, 1.82) is 5.26 Å². The van der Waals surface area contributed by atoms with Crippen LogP contribution < -0.4 is 5.32 Å². The maximum absolute atomic E-state index is 9.06. The molecule has 5 heteroatoms. The number of hydrogen-bond donors (Lipinski definition) is 1. The summed E-state index contributed by atoms with van der Waals surface area (Å²) < 4.78 is 1.79. The lowest BCUT2D eigenvalue weighted by Gasteiger charge is -2.08. The molecule has 0 aliphatic rings. The summed E-state index contributed by atoms with van der Waals surface area (Å²) in [6.07, 6.45) is 3.44. The smallest absolute Gasteiger partial charge is 0.144 e. The molecule has 0 radical (unpaired) electrons. The van der Waals surface area contributed by atoms with Gasteiger partial charge in [-0.1, -0.05) is 0 Å². The summed E-state index contributed by atoms with van der Waals surface area (Å²) in [5, 5.41) is 16.3. The molecule has 17 heavy (non-hydrogen) atoms. The maximum atomic E-state index is 9.06. The molecule has 0 saturated heterocycles. The molecule has 0 saturated carbocycles. The lowest BCUT2D eigenvalue weighted by Crippen LogP contribution is -2.08. The molecular formula is C12H13N5. The van der Waals surface area contributed by atoms with Crippen LogP contribution in [0.3, 0.4) is 0 Å². The van der Waals surface area contributed by atoms with E-state index in [-0.39, 0.29) is 0 Å². The SMILES string of the molecule is Cc1ccnc(NCc2ccnn2C)c1C#N. The number of nitrogens with zero attached hydrogens (tertiary/aromatic N) is 4. The first-order valence-electron chi connectivity index (χ1n) is 5.29. The van der Waals surface area contributed by atoms with Gasteiger partial charge in [0.25, 0.3) is 0 Å². The Hall–Kier alpha value is -2.35. The Morgan fingerprint density at radius 1 is 1.41 bits per heavy atom. The summed E-state index contributed by atoms with van der Waals surface area (Å²) in [6.45, 7) is 2.50. The molecule has 0 unspecified atom stereocenters. The first-order valence-corrected chi connectivity index (χ1v) is 5.29. The highest BCUT2D eigenvalue weighted by atomic mass is 15.3. The van der Waals surface area contributed by atoms with E-state index in [1.165, 1.54) is 0 Å². The number of aryl methyl sites for hydroxylation is 2. The Morgan fingerprint density at radius 2 is 2.24 bits per heavy atom. The van der Waals surface area contributed by atoms with Gasteiger partial charge in [0.1, 0.15) is 11.9 Å². The zero-order valence-corrected chi connectivity index (χ0v) is 9.81. The van der Waals surface area contributed by atoms with Gasteiger partial charge in [0.15, 0.2) is 0 Å². The molecule has 0 atom stereocenters. The highest BCUT2D eigenvalue weighted by Crippen LogP contribution is 2.15. The summed E-state index contributed by atoms with van der Waals surface area (Å²) in [6, 6.07) is 5.91. The number of rotatable bonds is 3. The van der Waals surface area contributed by atoms with E-state index in [0.29, 0.717) is 17.9 Å². The van der Waals surface area contributed by atoms with E-state index >= 15 is 0 Å². The monoisotopic (exact) mass is 227 g/mol. The third-order valence-electron chi connectivity index (χ3n) is 2.63. The van der Waals surface area contributed by atoms with Crippen molar-refractivity contribution in [3.63, 3.8) is 0 Å². The quantitative estimate of drug-likeness (QED) is 0.865. The maximum Gasteiger partial charge on any atom is 0.144 e. The third kappa shape index (κ3) is 2.26. The average molecular weight is 227 g/mol. The van der Waals surface area contributed by atoms with Crippen molar-refractivity contribution in [2.45, 2.75) is 13.5 Å². The molecule has 1 N–H and O–H groups in total. The molecule has 2 aromatic rings. The summed E-state index contributed by atoms with van der Waals surface area (Å²) in [5.41, 5.74) is 2.56. The van der Waals surface area contributed by atoms with Crippen molar-refractivity contribution < 1.29 is 0 Å². The molecule has 0 aromatic carbocycles. The van der Waals surface area contributed by atoms with Crippen molar-refractivity contribution in [3.05, 3.63) is 41.3 Å². The molecule has 0 spiro atoms. The molecule has 2 heterocycles. The largest absolute Gasteiger partial charge is 0.363 e. The molecular weight excluding hydrogens is 214 g/mol. The van der Waals surface area contributed by atoms with Gasteiger partial charge in [-0.15, -0.1) is 0 Å². The van der Waals surface area contributed by atoms with Crippen molar-refractivity contribution >= 4 is 5.82 Å². The van der Waals surface area contributed by atoms with Crippen LogP contribution in [0.1, 0.15) is 16.8 Å². The minimum absolute atomic E-state index is 0.592. The van der Waals surface area contributed by atoms with E-state index in [2.05, 4.69) is 21.5 Å². The van der Waals surface area contributed by atoms with Crippen LogP contribution in [0.5, 0.6) is 0 Å². The molecule has 0 fully saturated rings. The zero-order chi connectivity index (χ0) is 12.3. The first kappa shape index (κ1) is 11.1. The number of pyridine rings is 1. The van der Waals surface area contributed by atoms with Crippen LogP contribution in [0.15, 0.2) is 24.5 Å². The highest BCUT2D eigenvalue weighted by molar-refractivity contribution is 5.55.